The van der Waals surface area contributed by atoms with Crippen molar-refractivity contribution in [3.05, 3.63) is 57.6 Å². The molecular weight excluding hydrogens is 344 g/mol. The molecule has 1 aliphatic heterocycles. The number of anilines is 2. The molecule has 0 spiro atoms. The zero-order valence-electron chi connectivity index (χ0n) is 12.3. The van der Waals surface area contributed by atoms with Gasteiger partial charge in [-0.25, -0.2) is 0 Å². The second-order valence-electron chi connectivity index (χ2n) is 5.39. The van der Waals surface area contributed by atoms with Gasteiger partial charge < -0.3 is 10.2 Å². The van der Waals surface area contributed by atoms with Gasteiger partial charge in [-0.1, -0.05) is 22.0 Å². The molecule has 2 aromatic carbocycles. The molecule has 0 radical (unpaired) electrons. The van der Waals surface area contributed by atoms with Gasteiger partial charge in [0.2, 0.25) is 5.91 Å². The number of amides is 2. The zero-order chi connectivity index (χ0) is 15.9. The van der Waals surface area contributed by atoms with Crippen LogP contribution in [0.2, 0.25) is 0 Å². The third kappa shape index (κ3) is 2.64. The molecule has 0 unspecified atom stereocenters. The van der Waals surface area contributed by atoms with Gasteiger partial charge in [0.25, 0.3) is 5.91 Å². The molecule has 0 fully saturated rings. The topological polar surface area (TPSA) is 49.4 Å². The van der Waals surface area contributed by atoms with Gasteiger partial charge in [-0.3, -0.25) is 9.59 Å². The Morgan fingerprint density at radius 2 is 2.00 bits per heavy atom. The third-order valence-corrected chi connectivity index (χ3v) is 4.70. The molecule has 0 aliphatic carbocycles. The molecule has 1 heterocycles. The SMILES string of the molecule is Cc1ccc(NC(=O)c2ccc3c(c2)CC(=O)N3C)cc1Br. The summed E-state index contributed by atoms with van der Waals surface area (Å²) in [7, 11) is 1.75. The summed E-state index contributed by atoms with van der Waals surface area (Å²) >= 11 is 3.45. The molecule has 0 atom stereocenters. The highest BCUT2D eigenvalue weighted by molar-refractivity contribution is 9.10. The Kier molecular flexibility index (Phi) is 3.74. The average molecular weight is 359 g/mol. The van der Waals surface area contributed by atoms with Gasteiger partial charge in [0.05, 0.1) is 6.42 Å². The quantitative estimate of drug-likeness (QED) is 0.892. The highest BCUT2D eigenvalue weighted by Gasteiger charge is 2.24. The van der Waals surface area contributed by atoms with E-state index in [0.717, 1.165) is 27.0 Å². The minimum absolute atomic E-state index is 0.0509. The second kappa shape index (κ2) is 5.57. The van der Waals surface area contributed by atoms with E-state index >= 15 is 0 Å². The predicted molar refractivity (Wildman–Crippen MR) is 90.4 cm³/mol. The Hall–Kier alpha value is -2.14. The van der Waals surface area contributed by atoms with E-state index in [9.17, 15) is 9.59 Å². The number of fused-ring (bicyclic) bond motifs is 1. The Morgan fingerprint density at radius 1 is 1.23 bits per heavy atom. The standard InChI is InChI=1S/C17H15BrN2O2/c1-10-3-5-13(9-14(10)18)19-17(22)11-4-6-15-12(7-11)8-16(21)20(15)2/h3-7,9H,8H2,1-2H3,(H,19,22). The lowest BCUT2D eigenvalue weighted by Gasteiger charge is -2.11. The molecule has 0 bridgehead atoms. The molecule has 1 N–H and O–H groups in total. The molecule has 0 aromatic heterocycles. The number of nitrogens with zero attached hydrogens (tertiary/aromatic N) is 1. The summed E-state index contributed by atoms with van der Waals surface area (Å²) < 4.78 is 0.950. The summed E-state index contributed by atoms with van der Waals surface area (Å²) in [5.41, 5.74) is 4.16. The van der Waals surface area contributed by atoms with Crippen molar-refractivity contribution in [2.24, 2.45) is 0 Å². The lowest BCUT2D eigenvalue weighted by molar-refractivity contribution is -0.117. The van der Waals surface area contributed by atoms with Gasteiger partial charge in [-0.2, -0.15) is 0 Å². The maximum absolute atomic E-state index is 12.3. The van der Waals surface area contributed by atoms with Gasteiger partial charge in [0, 0.05) is 28.5 Å². The van der Waals surface area contributed by atoms with Crippen LogP contribution in [0.3, 0.4) is 0 Å². The first-order valence-electron chi connectivity index (χ1n) is 6.92. The second-order valence-corrected chi connectivity index (χ2v) is 6.25. The fourth-order valence-corrected chi connectivity index (χ4v) is 2.86. The zero-order valence-corrected chi connectivity index (χ0v) is 13.9. The maximum Gasteiger partial charge on any atom is 0.255 e. The number of likely N-dealkylation sites (N-methyl/N-ethyl adjacent to an activating group) is 1. The molecule has 1 aliphatic rings. The van der Waals surface area contributed by atoms with E-state index in [-0.39, 0.29) is 11.8 Å². The van der Waals surface area contributed by atoms with E-state index in [0.29, 0.717) is 12.0 Å². The van der Waals surface area contributed by atoms with Crippen LogP contribution in [0, 0.1) is 6.92 Å². The van der Waals surface area contributed by atoms with Crippen LogP contribution in [-0.4, -0.2) is 18.9 Å². The van der Waals surface area contributed by atoms with E-state index in [4.69, 9.17) is 0 Å². The van der Waals surface area contributed by atoms with E-state index in [1.807, 2.05) is 31.2 Å². The number of carbonyl (C=O) groups is 2. The molecule has 112 valence electrons. The van der Waals surface area contributed by atoms with Crippen molar-refractivity contribution in [2.45, 2.75) is 13.3 Å². The number of halogens is 1. The van der Waals surface area contributed by atoms with Crippen LogP contribution in [-0.2, 0) is 11.2 Å². The van der Waals surface area contributed by atoms with Crippen molar-refractivity contribution in [1.29, 1.82) is 0 Å². The van der Waals surface area contributed by atoms with Gasteiger partial charge in [-0.05, 0) is 48.4 Å². The van der Waals surface area contributed by atoms with Crippen LogP contribution < -0.4 is 10.2 Å². The summed E-state index contributed by atoms with van der Waals surface area (Å²) in [6.07, 6.45) is 0.350. The minimum Gasteiger partial charge on any atom is -0.322 e. The molecule has 2 aromatic rings. The number of hydrogen-bond acceptors (Lipinski definition) is 2. The third-order valence-electron chi connectivity index (χ3n) is 3.85. The lowest BCUT2D eigenvalue weighted by Crippen LogP contribution is -2.20. The van der Waals surface area contributed by atoms with Crippen molar-refractivity contribution < 1.29 is 9.59 Å². The number of aryl methyl sites for hydroxylation is 1. The predicted octanol–water partition coefficient (Wildman–Crippen LogP) is 3.53. The minimum atomic E-state index is -0.180. The van der Waals surface area contributed by atoms with E-state index < -0.39 is 0 Å². The van der Waals surface area contributed by atoms with Crippen molar-refractivity contribution >= 4 is 39.1 Å². The fourth-order valence-electron chi connectivity index (χ4n) is 2.49. The van der Waals surface area contributed by atoms with Gasteiger partial charge in [0.1, 0.15) is 0 Å². The number of nitrogens with one attached hydrogen (secondary N) is 1. The Morgan fingerprint density at radius 3 is 2.73 bits per heavy atom. The van der Waals surface area contributed by atoms with Crippen LogP contribution in [0.25, 0.3) is 0 Å². The molecule has 22 heavy (non-hydrogen) atoms. The van der Waals surface area contributed by atoms with Gasteiger partial charge in [0.15, 0.2) is 0 Å². The summed E-state index contributed by atoms with van der Waals surface area (Å²) in [4.78, 5) is 25.7. The van der Waals surface area contributed by atoms with Crippen LogP contribution in [0.5, 0.6) is 0 Å². The number of rotatable bonds is 2. The van der Waals surface area contributed by atoms with Crippen LogP contribution in [0.4, 0.5) is 11.4 Å². The highest BCUT2D eigenvalue weighted by atomic mass is 79.9. The van der Waals surface area contributed by atoms with E-state index in [1.54, 1.807) is 24.1 Å². The first-order chi connectivity index (χ1) is 10.5. The van der Waals surface area contributed by atoms with E-state index in [1.165, 1.54) is 0 Å². The molecule has 4 nitrogen and oxygen atoms in total. The summed E-state index contributed by atoms with van der Waals surface area (Å²) in [5.74, 6) is -0.129. The Balaban J connectivity index is 1.83. The maximum atomic E-state index is 12.3. The monoisotopic (exact) mass is 358 g/mol. The highest BCUT2D eigenvalue weighted by Crippen LogP contribution is 2.28. The Labute approximate surface area is 137 Å². The van der Waals surface area contributed by atoms with Crippen LogP contribution in [0.1, 0.15) is 21.5 Å². The summed E-state index contributed by atoms with van der Waals surface area (Å²) in [6, 6.07) is 11.0. The number of hydrogen-bond donors (Lipinski definition) is 1. The first-order valence-corrected chi connectivity index (χ1v) is 7.72. The van der Waals surface area contributed by atoms with Crippen molar-refractivity contribution in [3.63, 3.8) is 0 Å². The molecule has 0 saturated carbocycles. The van der Waals surface area contributed by atoms with Crippen LogP contribution >= 0.6 is 15.9 Å². The molecule has 0 saturated heterocycles. The molecule has 5 heteroatoms. The van der Waals surface area contributed by atoms with Crippen molar-refractivity contribution in [3.8, 4) is 0 Å². The number of benzene rings is 2. The first kappa shape index (κ1) is 14.8. The molecule has 2 amide bonds. The molecular formula is C17H15BrN2O2. The molecule has 3 rings (SSSR count). The van der Waals surface area contributed by atoms with Crippen LogP contribution in [0.15, 0.2) is 40.9 Å². The Bertz CT molecular complexity index is 786. The smallest absolute Gasteiger partial charge is 0.255 e. The van der Waals surface area contributed by atoms with E-state index in [2.05, 4.69) is 21.2 Å². The van der Waals surface area contributed by atoms with Gasteiger partial charge >= 0.3 is 0 Å². The largest absolute Gasteiger partial charge is 0.322 e. The summed E-state index contributed by atoms with van der Waals surface area (Å²) in [5, 5.41) is 2.87. The van der Waals surface area contributed by atoms with Gasteiger partial charge in [-0.15, -0.1) is 0 Å². The lowest BCUT2D eigenvalue weighted by atomic mass is 10.1. The van der Waals surface area contributed by atoms with Crippen molar-refractivity contribution in [1.82, 2.24) is 0 Å². The van der Waals surface area contributed by atoms with Crippen molar-refractivity contribution in [2.75, 3.05) is 17.3 Å². The summed E-state index contributed by atoms with van der Waals surface area (Å²) in [6.45, 7) is 1.99. The average Bonchev–Trinajstić information content (AvgIpc) is 2.77. The fraction of sp³-hybridized carbons (Fsp3) is 0.176. The normalized spacial score (nSPS) is 13.2. The number of carbonyl (C=O) groups excluding carboxylic acids is 2.